The quantitative estimate of drug-likeness (QED) is 0.201. The number of hydrogen-bond acceptors (Lipinski definition) is 4. The predicted molar refractivity (Wildman–Crippen MR) is 166 cm³/mol. The summed E-state index contributed by atoms with van der Waals surface area (Å²) >= 11 is 14.9. The van der Waals surface area contributed by atoms with Gasteiger partial charge in [0.05, 0.1) is 6.04 Å². The summed E-state index contributed by atoms with van der Waals surface area (Å²) in [5.74, 6) is -0.664. The van der Waals surface area contributed by atoms with Crippen LogP contribution in [-0.2, 0) is 15.0 Å². The molecule has 0 aliphatic carbocycles. The van der Waals surface area contributed by atoms with Gasteiger partial charge in [-0.25, -0.2) is 0 Å². The molecule has 0 aromatic heterocycles. The zero-order valence-electron chi connectivity index (χ0n) is 21.3. The third-order valence-corrected chi connectivity index (χ3v) is 8.79. The second-order valence-corrected chi connectivity index (χ2v) is 12.1. The first-order valence-electron chi connectivity index (χ1n) is 12.7. The van der Waals surface area contributed by atoms with Crippen molar-refractivity contribution in [1.29, 1.82) is 0 Å². The number of ether oxygens (including phenoxy) is 1. The summed E-state index contributed by atoms with van der Waals surface area (Å²) in [6, 6.07) is 23.8. The summed E-state index contributed by atoms with van der Waals surface area (Å²) < 4.78 is 7.20. The van der Waals surface area contributed by atoms with E-state index in [-0.39, 0.29) is 18.2 Å². The van der Waals surface area contributed by atoms with Gasteiger partial charge in [-0.15, -0.1) is 0 Å². The summed E-state index contributed by atoms with van der Waals surface area (Å²) in [5, 5.41) is 7.16. The molecule has 3 amide bonds. The van der Waals surface area contributed by atoms with Gasteiger partial charge in [-0.1, -0.05) is 41.4 Å². The van der Waals surface area contributed by atoms with Crippen LogP contribution in [-0.4, -0.2) is 17.7 Å². The van der Waals surface area contributed by atoms with Crippen LogP contribution in [0.3, 0.4) is 0 Å². The molecular formula is C31H22Cl2IN3O4. The average Bonchev–Trinajstić information content (AvgIpc) is 3.22. The second kappa shape index (κ2) is 10.7. The van der Waals surface area contributed by atoms with Gasteiger partial charge in [0, 0.05) is 42.8 Å². The van der Waals surface area contributed by atoms with Crippen molar-refractivity contribution in [2.24, 2.45) is 5.73 Å². The Labute approximate surface area is 259 Å². The summed E-state index contributed by atoms with van der Waals surface area (Å²) in [4.78, 5) is 39.3. The Kier molecular flexibility index (Phi) is 7.17. The highest BCUT2D eigenvalue weighted by Gasteiger charge is 2.61. The van der Waals surface area contributed by atoms with Gasteiger partial charge in [-0.2, -0.15) is 0 Å². The number of benzene rings is 4. The molecule has 1 saturated heterocycles. The number of hydrogen-bond donors (Lipinski definition) is 3. The number of anilines is 1. The molecule has 0 radical (unpaired) electrons. The van der Waals surface area contributed by atoms with Crippen LogP contribution >= 0.6 is 45.8 Å². The Bertz CT molecular complexity index is 1730. The van der Waals surface area contributed by atoms with E-state index in [1.54, 1.807) is 54.6 Å². The molecule has 4 aromatic carbocycles. The van der Waals surface area contributed by atoms with Crippen LogP contribution in [0.2, 0.25) is 10.0 Å². The summed E-state index contributed by atoms with van der Waals surface area (Å²) in [6.07, 6.45) is 0.0705. The number of carbonyl (C=O) groups is 3. The molecule has 4 N–H and O–H groups in total. The van der Waals surface area contributed by atoms with E-state index >= 15 is 0 Å². The standard InChI is InChI=1S/C31H22Cl2IN3O4/c32-18-3-1-2-17(12-18)24-15-27(38)37-28(31(24)23-10-6-19(33)13-25(23)36-30(31)40)22-14-20(34)7-11-26(22)41-21-8-4-16(5-9-21)29(35)39/h1-14,24,28H,15H2,(H2,35,39)(H,36,40)(H,37,38)/t24-,28+,31-/m0/s1. The molecule has 0 unspecified atom stereocenters. The molecule has 41 heavy (non-hydrogen) atoms. The van der Waals surface area contributed by atoms with E-state index in [2.05, 4.69) is 33.2 Å². The minimum Gasteiger partial charge on any atom is -0.457 e. The number of piperidine rings is 1. The molecule has 6 rings (SSSR count). The number of nitrogens with one attached hydrogen (secondary N) is 2. The second-order valence-electron chi connectivity index (χ2n) is 10.00. The van der Waals surface area contributed by atoms with Crippen molar-refractivity contribution in [1.82, 2.24) is 5.32 Å². The van der Waals surface area contributed by atoms with Crippen LogP contribution in [0.5, 0.6) is 11.5 Å². The lowest BCUT2D eigenvalue weighted by molar-refractivity contribution is -0.131. The van der Waals surface area contributed by atoms with E-state index in [4.69, 9.17) is 33.7 Å². The van der Waals surface area contributed by atoms with Gasteiger partial charge >= 0.3 is 0 Å². The van der Waals surface area contributed by atoms with Gasteiger partial charge in [0.2, 0.25) is 17.7 Å². The Morgan fingerprint density at radius 2 is 1.71 bits per heavy atom. The molecule has 3 atom stereocenters. The van der Waals surface area contributed by atoms with Gasteiger partial charge in [0.25, 0.3) is 0 Å². The molecule has 0 saturated carbocycles. The Balaban J connectivity index is 1.56. The summed E-state index contributed by atoms with van der Waals surface area (Å²) in [6.45, 7) is 0. The number of halogens is 3. The average molecular weight is 698 g/mol. The number of fused-ring (bicyclic) bond motifs is 2. The molecule has 206 valence electrons. The highest BCUT2D eigenvalue weighted by atomic mass is 127. The van der Waals surface area contributed by atoms with E-state index in [0.29, 0.717) is 38.4 Å². The van der Waals surface area contributed by atoms with Crippen LogP contribution in [0.25, 0.3) is 0 Å². The number of amides is 3. The van der Waals surface area contributed by atoms with Crippen LogP contribution in [0.15, 0.2) is 84.9 Å². The molecule has 2 aliphatic rings. The molecule has 0 bridgehead atoms. The molecule has 1 spiro atoms. The maximum absolute atomic E-state index is 14.3. The topological polar surface area (TPSA) is 111 Å². The Morgan fingerprint density at radius 1 is 0.951 bits per heavy atom. The number of carbonyl (C=O) groups excluding carboxylic acids is 3. The Morgan fingerprint density at radius 3 is 2.44 bits per heavy atom. The lowest BCUT2D eigenvalue weighted by Gasteiger charge is -2.46. The first-order valence-corrected chi connectivity index (χ1v) is 14.5. The number of rotatable bonds is 5. The van der Waals surface area contributed by atoms with E-state index in [9.17, 15) is 14.4 Å². The molecule has 7 nitrogen and oxygen atoms in total. The molecule has 1 fully saturated rings. The fraction of sp³-hybridized carbons (Fsp3) is 0.129. The summed E-state index contributed by atoms with van der Waals surface area (Å²) in [7, 11) is 0. The zero-order chi connectivity index (χ0) is 28.9. The van der Waals surface area contributed by atoms with Crippen LogP contribution in [0.1, 0.15) is 45.4 Å². The van der Waals surface area contributed by atoms with Crippen molar-refractivity contribution in [2.45, 2.75) is 23.8 Å². The lowest BCUT2D eigenvalue weighted by Crippen LogP contribution is -2.56. The largest absolute Gasteiger partial charge is 0.457 e. The van der Waals surface area contributed by atoms with E-state index in [1.165, 1.54) is 0 Å². The summed E-state index contributed by atoms with van der Waals surface area (Å²) in [5.41, 5.74) is 7.18. The van der Waals surface area contributed by atoms with E-state index in [0.717, 1.165) is 14.7 Å². The van der Waals surface area contributed by atoms with Crippen LogP contribution < -0.4 is 21.1 Å². The lowest BCUT2D eigenvalue weighted by atomic mass is 9.59. The minimum atomic E-state index is -1.25. The maximum atomic E-state index is 14.3. The highest BCUT2D eigenvalue weighted by Crippen LogP contribution is 2.58. The van der Waals surface area contributed by atoms with Crippen molar-refractivity contribution in [3.63, 3.8) is 0 Å². The number of nitrogens with two attached hydrogens (primary N) is 1. The molecule has 4 aromatic rings. The fourth-order valence-electron chi connectivity index (χ4n) is 5.92. The molecule has 2 heterocycles. The molecule has 10 heteroatoms. The van der Waals surface area contributed by atoms with Crippen molar-refractivity contribution in [3.8, 4) is 11.5 Å². The van der Waals surface area contributed by atoms with Gasteiger partial charge in [0.1, 0.15) is 16.9 Å². The third-order valence-electron chi connectivity index (χ3n) is 7.65. The van der Waals surface area contributed by atoms with Gasteiger partial charge < -0.3 is 21.1 Å². The van der Waals surface area contributed by atoms with Crippen molar-refractivity contribution in [3.05, 3.63) is 121 Å². The third kappa shape index (κ3) is 4.83. The van der Waals surface area contributed by atoms with Crippen molar-refractivity contribution in [2.75, 3.05) is 5.32 Å². The zero-order valence-corrected chi connectivity index (χ0v) is 25.0. The fourth-order valence-corrected chi connectivity index (χ4v) is 6.81. The number of primary amides is 1. The molecule has 2 aliphatic heterocycles. The van der Waals surface area contributed by atoms with Gasteiger partial charge in [-0.3, -0.25) is 14.4 Å². The predicted octanol–water partition coefficient (Wildman–Crippen LogP) is 6.72. The Hall–Kier alpha value is -3.60. The van der Waals surface area contributed by atoms with Crippen LogP contribution in [0, 0.1) is 3.57 Å². The minimum absolute atomic E-state index is 0.0705. The highest BCUT2D eigenvalue weighted by molar-refractivity contribution is 14.1. The van der Waals surface area contributed by atoms with Crippen molar-refractivity contribution >= 4 is 69.2 Å². The van der Waals surface area contributed by atoms with E-state index in [1.807, 2.05) is 30.3 Å². The van der Waals surface area contributed by atoms with Crippen molar-refractivity contribution < 1.29 is 19.1 Å². The monoisotopic (exact) mass is 697 g/mol. The smallest absolute Gasteiger partial charge is 0.248 e. The van der Waals surface area contributed by atoms with Crippen LogP contribution in [0.4, 0.5) is 5.69 Å². The molecular weight excluding hydrogens is 676 g/mol. The first kappa shape index (κ1) is 27.6. The van der Waals surface area contributed by atoms with E-state index < -0.39 is 23.3 Å². The van der Waals surface area contributed by atoms with Gasteiger partial charge in [-0.05, 0) is 100 Å². The normalized spacial score (nSPS) is 21.2. The first-order chi connectivity index (χ1) is 19.7. The maximum Gasteiger partial charge on any atom is 0.248 e. The van der Waals surface area contributed by atoms with Gasteiger partial charge in [0.15, 0.2) is 0 Å². The SMILES string of the molecule is NC(=O)c1ccc(Oc2ccc(I)cc2[C@H]2NC(=O)C[C@@H](c3cccc(Cl)c3)[C@]23C(=O)Nc2cc(Cl)ccc23)cc1.